The number of amides is 1. The third-order valence-corrected chi connectivity index (χ3v) is 3.78. The zero-order valence-corrected chi connectivity index (χ0v) is 16.2. The van der Waals surface area contributed by atoms with Gasteiger partial charge in [0.05, 0.1) is 12.2 Å². The SMILES string of the molecule is CC(C)COc1ccc(Br)cc1C(=O)NC(=S)Nc1ccc(F)cc1. The average molecular weight is 425 g/mol. The Morgan fingerprint density at radius 2 is 1.92 bits per heavy atom. The first-order chi connectivity index (χ1) is 11.8. The monoisotopic (exact) mass is 424 g/mol. The molecule has 2 rings (SSSR count). The van der Waals surface area contributed by atoms with E-state index in [0.717, 1.165) is 4.47 Å². The number of carbonyl (C=O) groups excluding carboxylic acids is 1. The first kappa shape index (κ1) is 19.3. The Balaban J connectivity index is 2.07. The normalized spacial score (nSPS) is 10.4. The fourth-order valence-electron chi connectivity index (χ4n) is 1.93. The maximum absolute atomic E-state index is 12.9. The van der Waals surface area contributed by atoms with Crippen LogP contribution in [-0.4, -0.2) is 17.6 Å². The number of rotatable bonds is 5. The van der Waals surface area contributed by atoms with Crippen LogP contribution in [0.15, 0.2) is 46.9 Å². The molecule has 0 saturated carbocycles. The number of hydrogen-bond acceptors (Lipinski definition) is 3. The molecular formula is C18H18BrFN2O2S. The third-order valence-electron chi connectivity index (χ3n) is 3.09. The minimum absolute atomic E-state index is 0.117. The minimum atomic E-state index is -0.389. The first-order valence-electron chi connectivity index (χ1n) is 7.65. The van der Waals surface area contributed by atoms with E-state index in [1.54, 1.807) is 12.1 Å². The number of benzene rings is 2. The van der Waals surface area contributed by atoms with Crippen molar-refractivity contribution in [3.8, 4) is 5.75 Å². The van der Waals surface area contributed by atoms with E-state index >= 15 is 0 Å². The van der Waals surface area contributed by atoms with Crippen LogP contribution in [0.4, 0.5) is 10.1 Å². The molecule has 0 radical (unpaired) electrons. The van der Waals surface area contributed by atoms with E-state index < -0.39 is 0 Å². The zero-order chi connectivity index (χ0) is 18.4. The Morgan fingerprint density at radius 1 is 1.24 bits per heavy atom. The molecule has 0 fully saturated rings. The first-order valence-corrected chi connectivity index (χ1v) is 8.85. The van der Waals surface area contributed by atoms with E-state index in [4.69, 9.17) is 17.0 Å². The molecule has 2 aromatic rings. The van der Waals surface area contributed by atoms with Gasteiger partial charge in [-0.1, -0.05) is 29.8 Å². The summed E-state index contributed by atoms with van der Waals surface area (Å²) in [6, 6.07) is 10.9. The second-order valence-corrected chi connectivity index (χ2v) is 7.08. The number of thiocarbonyl (C=S) groups is 1. The lowest BCUT2D eigenvalue weighted by molar-refractivity contribution is 0.0973. The van der Waals surface area contributed by atoms with Crippen molar-refractivity contribution >= 4 is 44.9 Å². The van der Waals surface area contributed by atoms with Gasteiger partial charge in [-0.05, 0) is 60.6 Å². The van der Waals surface area contributed by atoms with Crippen molar-refractivity contribution in [3.63, 3.8) is 0 Å². The molecule has 0 aromatic heterocycles. The summed E-state index contributed by atoms with van der Waals surface area (Å²) in [5.74, 6) is 0.0843. The molecule has 0 saturated heterocycles. The second kappa shape index (κ2) is 8.92. The summed E-state index contributed by atoms with van der Waals surface area (Å²) in [5, 5.41) is 5.55. The van der Waals surface area contributed by atoms with Crippen molar-refractivity contribution in [1.29, 1.82) is 0 Å². The molecule has 0 bridgehead atoms. The fourth-order valence-corrected chi connectivity index (χ4v) is 2.50. The Hall–Kier alpha value is -1.99. The van der Waals surface area contributed by atoms with Crippen LogP contribution in [0.3, 0.4) is 0 Å². The molecule has 0 aliphatic heterocycles. The molecular weight excluding hydrogens is 407 g/mol. The quantitative estimate of drug-likeness (QED) is 0.679. The maximum Gasteiger partial charge on any atom is 0.261 e. The Morgan fingerprint density at radius 3 is 2.56 bits per heavy atom. The molecule has 1 amide bonds. The summed E-state index contributed by atoms with van der Waals surface area (Å²) >= 11 is 8.49. The molecule has 7 heteroatoms. The van der Waals surface area contributed by atoms with Gasteiger partial charge in [-0.25, -0.2) is 4.39 Å². The van der Waals surface area contributed by atoms with Crippen molar-refractivity contribution < 1.29 is 13.9 Å². The van der Waals surface area contributed by atoms with Crippen LogP contribution in [0.25, 0.3) is 0 Å². The summed E-state index contributed by atoms with van der Waals surface area (Å²) in [4.78, 5) is 12.5. The van der Waals surface area contributed by atoms with Gasteiger partial charge in [-0.15, -0.1) is 0 Å². The van der Waals surface area contributed by atoms with Gasteiger partial charge in [0, 0.05) is 10.2 Å². The Bertz CT molecular complexity index is 766. The summed E-state index contributed by atoms with van der Waals surface area (Å²) in [5.41, 5.74) is 0.954. The van der Waals surface area contributed by atoms with Crippen LogP contribution in [-0.2, 0) is 0 Å². The molecule has 2 N–H and O–H groups in total. The second-order valence-electron chi connectivity index (χ2n) is 5.76. The molecule has 132 valence electrons. The molecule has 4 nitrogen and oxygen atoms in total. The predicted molar refractivity (Wildman–Crippen MR) is 105 cm³/mol. The van der Waals surface area contributed by atoms with E-state index in [1.807, 2.05) is 19.9 Å². The minimum Gasteiger partial charge on any atom is -0.492 e. The molecule has 2 aromatic carbocycles. The standard InChI is InChI=1S/C18H18BrFN2O2S/c1-11(2)10-24-16-8-3-12(19)9-15(16)17(23)22-18(25)21-14-6-4-13(20)5-7-14/h3-9,11H,10H2,1-2H3,(H2,21,22,23,25). The molecule has 0 heterocycles. The van der Waals surface area contributed by atoms with Crippen LogP contribution in [0.5, 0.6) is 5.75 Å². The number of nitrogens with one attached hydrogen (secondary N) is 2. The highest BCUT2D eigenvalue weighted by molar-refractivity contribution is 9.10. The molecule has 0 atom stereocenters. The van der Waals surface area contributed by atoms with Gasteiger partial charge in [0.15, 0.2) is 5.11 Å². The highest BCUT2D eigenvalue weighted by Gasteiger charge is 2.15. The van der Waals surface area contributed by atoms with Crippen molar-refractivity contribution in [1.82, 2.24) is 5.32 Å². The van der Waals surface area contributed by atoms with E-state index in [9.17, 15) is 9.18 Å². The topological polar surface area (TPSA) is 50.4 Å². The number of carbonyl (C=O) groups is 1. The van der Waals surface area contributed by atoms with Gasteiger partial charge < -0.3 is 10.1 Å². The predicted octanol–water partition coefficient (Wildman–Crippen LogP) is 4.75. The van der Waals surface area contributed by atoms with E-state index in [2.05, 4.69) is 26.6 Å². The molecule has 0 spiro atoms. The molecule has 0 aliphatic rings. The summed E-state index contributed by atoms with van der Waals surface area (Å²) in [7, 11) is 0. The van der Waals surface area contributed by atoms with E-state index in [-0.39, 0.29) is 16.8 Å². The average Bonchev–Trinajstić information content (AvgIpc) is 2.55. The molecule has 0 aliphatic carbocycles. The van der Waals surface area contributed by atoms with E-state index in [0.29, 0.717) is 29.5 Å². The maximum atomic E-state index is 12.9. The molecule has 0 unspecified atom stereocenters. The van der Waals surface area contributed by atoms with Crippen LogP contribution in [0, 0.1) is 11.7 Å². The molecule has 25 heavy (non-hydrogen) atoms. The van der Waals surface area contributed by atoms with Crippen molar-refractivity contribution in [2.45, 2.75) is 13.8 Å². The number of halogens is 2. The van der Waals surface area contributed by atoms with Gasteiger partial charge in [-0.3, -0.25) is 10.1 Å². The zero-order valence-electron chi connectivity index (χ0n) is 13.8. The van der Waals surface area contributed by atoms with Crippen molar-refractivity contribution in [2.75, 3.05) is 11.9 Å². The number of ether oxygens (including phenoxy) is 1. The van der Waals surface area contributed by atoms with Crippen molar-refractivity contribution in [3.05, 3.63) is 58.3 Å². The van der Waals surface area contributed by atoms with Crippen LogP contribution in [0.2, 0.25) is 0 Å². The largest absolute Gasteiger partial charge is 0.492 e. The highest BCUT2D eigenvalue weighted by Crippen LogP contribution is 2.24. The van der Waals surface area contributed by atoms with Crippen molar-refractivity contribution in [2.24, 2.45) is 5.92 Å². The number of anilines is 1. The third kappa shape index (κ3) is 6.10. The fraction of sp³-hybridized carbons (Fsp3) is 0.222. The van der Waals surface area contributed by atoms with Gasteiger partial charge in [0.1, 0.15) is 11.6 Å². The lowest BCUT2D eigenvalue weighted by atomic mass is 10.2. The highest BCUT2D eigenvalue weighted by atomic mass is 79.9. The van der Waals surface area contributed by atoms with Crippen LogP contribution in [0.1, 0.15) is 24.2 Å². The summed E-state index contributed by atoms with van der Waals surface area (Å²) in [6.07, 6.45) is 0. The van der Waals surface area contributed by atoms with Crippen LogP contribution >= 0.6 is 28.1 Å². The van der Waals surface area contributed by atoms with Gasteiger partial charge in [0.25, 0.3) is 5.91 Å². The number of hydrogen-bond donors (Lipinski definition) is 2. The smallest absolute Gasteiger partial charge is 0.261 e. The van der Waals surface area contributed by atoms with Gasteiger partial charge >= 0.3 is 0 Å². The summed E-state index contributed by atoms with van der Waals surface area (Å²) < 4.78 is 19.4. The van der Waals surface area contributed by atoms with E-state index in [1.165, 1.54) is 24.3 Å². The lowest BCUT2D eigenvalue weighted by Crippen LogP contribution is -2.34. The lowest BCUT2D eigenvalue weighted by Gasteiger charge is -2.14. The van der Waals surface area contributed by atoms with Crippen LogP contribution < -0.4 is 15.4 Å². The van der Waals surface area contributed by atoms with Gasteiger partial charge in [0.2, 0.25) is 0 Å². The Labute approximate surface area is 159 Å². The van der Waals surface area contributed by atoms with Gasteiger partial charge in [-0.2, -0.15) is 0 Å². The Kier molecular flexibility index (Phi) is 6.90. The summed E-state index contributed by atoms with van der Waals surface area (Å²) in [6.45, 7) is 4.56.